The fraction of sp³-hybridized carbons (Fsp3) is 0.368. The highest BCUT2D eigenvalue weighted by Gasteiger charge is 2.16. The molecule has 3 heterocycles. The molecule has 4 rings (SSSR count). The highest BCUT2D eigenvalue weighted by Crippen LogP contribution is 2.33. The standard InChI is InChI=1S/C19H22N4O3/c1-24-14-3-4-15(17(11-14)25-2)16-12-20-19-6-5-18(22-23(16)19)21-13-7-9-26-10-8-13/h3-6,11-13H,7-10H2,1-2H3,(H,21,22). The van der Waals surface area contributed by atoms with Crippen molar-refractivity contribution in [2.75, 3.05) is 32.8 Å². The molecule has 0 saturated carbocycles. The van der Waals surface area contributed by atoms with Gasteiger partial charge in [0.1, 0.15) is 17.3 Å². The smallest absolute Gasteiger partial charge is 0.154 e. The van der Waals surface area contributed by atoms with Crippen LogP contribution in [0.4, 0.5) is 5.82 Å². The minimum absolute atomic E-state index is 0.385. The van der Waals surface area contributed by atoms with E-state index in [0.717, 1.165) is 60.3 Å². The Morgan fingerprint density at radius 3 is 2.73 bits per heavy atom. The number of imidazole rings is 1. The highest BCUT2D eigenvalue weighted by atomic mass is 16.5. The van der Waals surface area contributed by atoms with Crippen molar-refractivity contribution in [1.29, 1.82) is 0 Å². The Hall–Kier alpha value is -2.80. The van der Waals surface area contributed by atoms with Gasteiger partial charge < -0.3 is 19.5 Å². The summed E-state index contributed by atoms with van der Waals surface area (Å²) >= 11 is 0. The summed E-state index contributed by atoms with van der Waals surface area (Å²) in [7, 11) is 3.28. The average Bonchev–Trinajstić information content (AvgIpc) is 3.11. The van der Waals surface area contributed by atoms with Gasteiger partial charge >= 0.3 is 0 Å². The summed E-state index contributed by atoms with van der Waals surface area (Å²) in [6.07, 6.45) is 3.79. The third-order valence-corrected chi connectivity index (χ3v) is 4.62. The Morgan fingerprint density at radius 1 is 1.12 bits per heavy atom. The molecule has 1 N–H and O–H groups in total. The number of benzene rings is 1. The first kappa shape index (κ1) is 16.7. The molecule has 1 fully saturated rings. The number of ether oxygens (including phenoxy) is 3. The number of nitrogens with zero attached hydrogens (tertiary/aromatic N) is 3. The third-order valence-electron chi connectivity index (χ3n) is 4.62. The molecule has 0 amide bonds. The maximum atomic E-state index is 5.53. The van der Waals surface area contributed by atoms with Crippen LogP contribution >= 0.6 is 0 Å². The van der Waals surface area contributed by atoms with Crippen molar-refractivity contribution in [3.05, 3.63) is 36.5 Å². The van der Waals surface area contributed by atoms with E-state index in [9.17, 15) is 0 Å². The van der Waals surface area contributed by atoms with Crippen LogP contribution < -0.4 is 14.8 Å². The van der Waals surface area contributed by atoms with E-state index in [1.807, 2.05) is 41.0 Å². The minimum atomic E-state index is 0.385. The van der Waals surface area contributed by atoms with Gasteiger partial charge in [0.05, 0.1) is 26.1 Å². The van der Waals surface area contributed by atoms with Gasteiger partial charge in [0.25, 0.3) is 0 Å². The Bertz CT molecular complexity index is 903. The first-order chi connectivity index (χ1) is 12.8. The van der Waals surface area contributed by atoms with E-state index < -0.39 is 0 Å². The Labute approximate surface area is 151 Å². The van der Waals surface area contributed by atoms with Crippen molar-refractivity contribution in [3.63, 3.8) is 0 Å². The van der Waals surface area contributed by atoms with Crippen LogP contribution in [-0.4, -0.2) is 48.1 Å². The van der Waals surface area contributed by atoms with Crippen LogP contribution in [0.1, 0.15) is 12.8 Å². The largest absolute Gasteiger partial charge is 0.497 e. The molecule has 26 heavy (non-hydrogen) atoms. The lowest BCUT2D eigenvalue weighted by molar-refractivity contribution is 0.0903. The van der Waals surface area contributed by atoms with E-state index in [-0.39, 0.29) is 0 Å². The van der Waals surface area contributed by atoms with Crippen LogP contribution in [0.2, 0.25) is 0 Å². The lowest BCUT2D eigenvalue weighted by atomic mass is 10.1. The highest BCUT2D eigenvalue weighted by molar-refractivity contribution is 5.71. The number of fused-ring (bicyclic) bond motifs is 1. The van der Waals surface area contributed by atoms with Gasteiger partial charge in [-0.25, -0.2) is 9.50 Å². The fourth-order valence-electron chi connectivity index (χ4n) is 3.20. The van der Waals surface area contributed by atoms with Gasteiger partial charge in [0, 0.05) is 30.9 Å². The van der Waals surface area contributed by atoms with Crippen molar-refractivity contribution >= 4 is 11.5 Å². The van der Waals surface area contributed by atoms with Gasteiger partial charge in [-0.05, 0) is 37.1 Å². The molecule has 1 aliphatic heterocycles. The molecular weight excluding hydrogens is 332 g/mol. The molecule has 136 valence electrons. The quantitative estimate of drug-likeness (QED) is 0.760. The molecule has 1 aromatic carbocycles. The lowest BCUT2D eigenvalue weighted by Crippen LogP contribution is -2.28. The number of anilines is 1. The molecule has 0 atom stereocenters. The molecule has 7 heteroatoms. The van der Waals surface area contributed by atoms with Gasteiger partial charge in [-0.2, -0.15) is 0 Å². The first-order valence-electron chi connectivity index (χ1n) is 8.70. The molecule has 2 aromatic heterocycles. The summed E-state index contributed by atoms with van der Waals surface area (Å²) in [6.45, 7) is 1.58. The summed E-state index contributed by atoms with van der Waals surface area (Å²) in [5.74, 6) is 2.29. The van der Waals surface area contributed by atoms with Crippen LogP contribution in [0.5, 0.6) is 11.5 Å². The summed E-state index contributed by atoms with van der Waals surface area (Å²) in [6, 6.07) is 10.0. The Kier molecular flexibility index (Phi) is 4.62. The second kappa shape index (κ2) is 7.21. The van der Waals surface area contributed by atoms with Gasteiger partial charge in [-0.15, -0.1) is 5.10 Å². The summed E-state index contributed by atoms with van der Waals surface area (Å²) in [4.78, 5) is 4.47. The lowest BCUT2D eigenvalue weighted by Gasteiger charge is -2.23. The van der Waals surface area contributed by atoms with Crippen molar-refractivity contribution in [2.24, 2.45) is 0 Å². The van der Waals surface area contributed by atoms with Gasteiger partial charge in [0.15, 0.2) is 5.65 Å². The van der Waals surface area contributed by atoms with Crippen molar-refractivity contribution in [3.8, 4) is 22.8 Å². The Balaban J connectivity index is 1.70. The van der Waals surface area contributed by atoms with E-state index in [4.69, 9.17) is 19.3 Å². The summed E-state index contributed by atoms with van der Waals surface area (Å²) in [5, 5.41) is 8.24. The van der Waals surface area contributed by atoms with Crippen molar-refractivity contribution in [1.82, 2.24) is 14.6 Å². The van der Waals surface area contributed by atoms with E-state index in [0.29, 0.717) is 6.04 Å². The normalized spacial score (nSPS) is 15.2. The average molecular weight is 354 g/mol. The molecule has 0 spiro atoms. The monoisotopic (exact) mass is 354 g/mol. The van der Waals surface area contributed by atoms with Crippen molar-refractivity contribution < 1.29 is 14.2 Å². The fourth-order valence-corrected chi connectivity index (χ4v) is 3.20. The van der Waals surface area contributed by atoms with E-state index in [1.54, 1.807) is 14.2 Å². The SMILES string of the molecule is COc1ccc(-c2cnc3ccc(NC4CCOCC4)nn23)c(OC)c1. The first-order valence-corrected chi connectivity index (χ1v) is 8.70. The zero-order valence-corrected chi connectivity index (χ0v) is 14.9. The number of aromatic nitrogens is 3. The van der Waals surface area contributed by atoms with Crippen molar-refractivity contribution in [2.45, 2.75) is 18.9 Å². The predicted octanol–water partition coefficient (Wildman–Crippen LogP) is 3.00. The topological polar surface area (TPSA) is 69.9 Å². The zero-order valence-electron chi connectivity index (χ0n) is 14.9. The molecule has 3 aromatic rings. The number of hydrogen-bond donors (Lipinski definition) is 1. The molecular formula is C19H22N4O3. The second-order valence-electron chi connectivity index (χ2n) is 6.23. The molecule has 0 aliphatic carbocycles. The van der Waals surface area contributed by atoms with E-state index in [2.05, 4.69) is 10.3 Å². The molecule has 1 aliphatic rings. The minimum Gasteiger partial charge on any atom is -0.497 e. The van der Waals surface area contributed by atoms with E-state index in [1.165, 1.54) is 0 Å². The predicted molar refractivity (Wildman–Crippen MR) is 99.0 cm³/mol. The zero-order chi connectivity index (χ0) is 17.9. The van der Waals surface area contributed by atoms with E-state index >= 15 is 0 Å². The van der Waals surface area contributed by atoms with Crippen LogP contribution in [0, 0.1) is 0 Å². The molecule has 0 radical (unpaired) electrons. The summed E-state index contributed by atoms with van der Waals surface area (Å²) < 4.78 is 18.1. The molecule has 0 bridgehead atoms. The maximum absolute atomic E-state index is 5.53. The second-order valence-corrected chi connectivity index (χ2v) is 6.23. The van der Waals surface area contributed by atoms with Crippen LogP contribution in [0.15, 0.2) is 36.5 Å². The van der Waals surface area contributed by atoms with Gasteiger partial charge in [-0.1, -0.05) is 0 Å². The maximum Gasteiger partial charge on any atom is 0.154 e. The van der Waals surface area contributed by atoms with Gasteiger partial charge in [-0.3, -0.25) is 0 Å². The van der Waals surface area contributed by atoms with Gasteiger partial charge in [0.2, 0.25) is 0 Å². The third kappa shape index (κ3) is 3.17. The number of hydrogen-bond acceptors (Lipinski definition) is 6. The Morgan fingerprint density at radius 2 is 1.96 bits per heavy atom. The van der Waals surface area contributed by atoms with Crippen LogP contribution in [0.25, 0.3) is 16.9 Å². The number of rotatable bonds is 5. The van der Waals surface area contributed by atoms with Crippen LogP contribution in [-0.2, 0) is 4.74 Å². The van der Waals surface area contributed by atoms with Crippen LogP contribution in [0.3, 0.4) is 0 Å². The molecule has 0 unspecified atom stereocenters. The number of methoxy groups -OCH3 is 2. The number of nitrogens with one attached hydrogen (secondary N) is 1. The molecule has 1 saturated heterocycles. The molecule has 7 nitrogen and oxygen atoms in total. The summed E-state index contributed by atoms with van der Waals surface area (Å²) in [5.41, 5.74) is 2.57.